The van der Waals surface area contributed by atoms with Crippen molar-refractivity contribution in [3.8, 4) is 11.5 Å². The molecule has 1 aliphatic heterocycles. The predicted molar refractivity (Wildman–Crippen MR) is 97.2 cm³/mol. The molecule has 0 unspecified atom stereocenters. The highest BCUT2D eigenvalue weighted by atomic mass is 35.5. The van der Waals surface area contributed by atoms with E-state index in [9.17, 15) is 14.3 Å². The molecule has 0 radical (unpaired) electrons. The van der Waals surface area contributed by atoms with Crippen molar-refractivity contribution >= 4 is 17.5 Å². The molecule has 138 valence electrons. The monoisotopic (exact) mass is 378 g/mol. The number of aromatic hydroxyl groups is 1. The Hall–Kier alpha value is -2.31. The van der Waals surface area contributed by atoms with E-state index in [1.54, 1.807) is 17.0 Å². The van der Waals surface area contributed by atoms with Gasteiger partial charge in [-0.1, -0.05) is 17.7 Å². The summed E-state index contributed by atoms with van der Waals surface area (Å²) in [5.41, 5.74) is 1.07. The quantitative estimate of drug-likeness (QED) is 0.888. The third-order valence-electron chi connectivity index (χ3n) is 4.47. The summed E-state index contributed by atoms with van der Waals surface area (Å²) in [7, 11) is 1.44. The molecule has 0 bridgehead atoms. The number of benzene rings is 2. The summed E-state index contributed by atoms with van der Waals surface area (Å²) in [5.74, 6) is -0.462. The molecule has 0 aromatic heterocycles. The van der Waals surface area contributed by atoms with Crippen LogP contribution >= 0.6 is 11.6 Å². The maximum absolute atomic E-state index is 13.8. The Bertz CT molecular complexity index is 807. The van der Waals surface area contributed by atoms with Gasteiger partial charge in [-0.25, -0.2) is 4.39 Å². The molecule has 1 fully saturated rings. The summed E-state index contributed by atoms with van der Waals surface area (Å²) in [6.07, 6.45) is 0. The smallest absolute Gasteiger partial charge is 0.257 e. The fourth-order valence-corrected chi connectivity index (χ4v) is 3.20. The van der Waals surface area contributed by atoms with E-state index >= 15 is 0 Å². The van der Waals surface area contributed by atoms with Gasteiger partial charge < -0.3 is 14.7 Å². The number of rotatable bonds is 4. The number of piperazine rings is 1. The summed E-state index contributed by atoms with van der Waals surface area (Å²) in [5, 5.41) is 10.3. The fourth-order valence-electron chi connectivity index (χ4n) is 3.03. The Morgan fingerprint density at radius 2 is 1.92 bits per heavy atom. The number of nitrogens with zero attached hydrogens (tertiary/aromatic N) is 2. The lowest BCUT2D eigenvalue weighted by atomic mass is 10.1. The van der Waals surface area contributed by atoms with Gasteiger partial charge in [0.1, 0.15) is 5.75 Å². The molecule has 2 aromatic rings. The zero-order chi connectivity index (χ0) is 18.7. The van der Waals surface area contributed by atoms with Crippen molar-refractivity contribution in [2.75, 3.05) is 33.3 Å². The molecule has 0 atom stereocenters. The van der Waals surface area contributed by atoms with E-state index in [0.717, 1.165) is 5.56 Å². The SMILES string of the molecule is COc1ccc(CN2CCN(C(=O)c3cc(Cl)ccc3O)CC2)cc1F. The summed E-state index contributed by atoms with van der Waals surface area (Å²) >= 11 is 5.92. The minimum absolute atomic E-state index is 0.0736. The van der Waals surface area contributed by atoms with Crippen LogP contribution in [0.25, 0.3) is 0 Å². The molecule has 1 amide bonds. The molecule has 1 aliphatic rings. The van der Waals surface area contributed by atoms with Crippen LogP contribution in [0.2, 0.25) is 5.02 Å². The lowest BCUT2D eigenvalue weighted by Gasteiger charge is -2.35. The summed E-state index contributed by atoms with van der Waals surface area (Å²) < 4.78 is 18.7. The largest absolute Gasteiger partial charge is 0.507 e. The Kier molecular flexibility index (Phi) is 5.64. The number of carbonyl (C=O) groups is 1. The molecule has 0 saturated carbocycles. The van der Waals surface area contributed by atoms with Crippen molar-refractivity contribution in [1.29, 1.82) is 0 Å². The fraction of sp³-hybridized carbons (Fsp3) is 0.316. The van der Waals surface area contributed by atoms with Gasteiger partial charge in [-0.2, -0.15) is 0 Å². The van der Waals surface area contributed by atoms with Gasteiger partial charge >= 0.3 is 0 Å². The number of ether oxygens (including phenoxy) is 1. The number of methoxy groups -OCH3 is 1. The second-order valence-electron chi connectivity index (χ2n) is 6.20. The maximum atomic E-state index is 13.8. The zero-order valence-electron chi connectivity index (χ0n) is 14.4. The van der Waals surface area contributed by atoms with Gasteiger partial charge in [-0.15, -0.1) is 0 Å². The number of carbonyl (C=O) groups excluding carboxylic acids is 1. The second-order valence-corrected chi connectivity index (χ2v) is 6.64. The number of hydrogen-bond acceptors (Lipinski definition) is 4. The molecule has 26 heavy (non-hydrogen) atoms. The van der Waals surface area contributed by atoms with Crippen molar-refractivity contribution < 1.29 is 19.0 Å². The third-order valence-corrected chi connectivity index (χ3v) is 4.71. The van der Waals surface area contributed by atoms with Crippen LogP contribution in [-0.4, -0.2) is 54.1 Å². The van der Waals surface area contributed by atoms with Crippen LogP contribution in [0, 0.1) is 5.82 Å². The highest BCUT2D eigenvalue weighted by Crippen LogP contribution is 2.24. The molecule has 0 spiro atoms. The number of phenolic OH excluding ortho intramolecular Hbond substituents is 1. The van der Waals surface area contributed by atoms with E-state index in [-0.39, 0.29) is 28.8 Å². The first-order valence-electron chi connectivity index (χ1n) is 8.30. The first-order valence-corrected chi connectivity index (χ1v) is 8.68. The number of phenols is 1. The normalized spacial score (nSPS) is 15.1. The summed E-state index contributed by atoms with van der Waals surface area (Å²) in [6.45, 7) is 3.00. The van der Waals surface area contributed by atoms with Crippen molar-refractivity contribution in [2.45, 2.75) is 6.54 Å². The number of hydrogen-bond donors (Lipinski definition) is 1. The zero-order valence-corrected chi connectivity index (χ0v) is 15.2. The first-order chi connectivity index (χ1) is 12.5. The molecule has 5 nitrogen and oxygen atoms in total. The van der Waals surface area contributed by atoms with Crippen LogP contribution < -0.4 is 4.74 Å². The number of amides is 1. The van der Waals surface area contributed by atoms with Crippen LogP contribution in [0.3, 0.4) is 0 Å². The minimum Gasteiger partial charge on any atom is -0.507 e. The van der Waals surface area contributed by atoms with Crippen LogP contribution in [0.5, 0.6) is 11.5 Å². The van der Waals surface area contributed by atoms with Gasteiger partial charge in [-0.05, 0) is 35.9 Å². The van der Waals surface area contributed by atoms with E-state index in [0.29, 0.717) is 37.7 Å². The molecule has 3 rings (SSSR count). The second kappa shape index (κ2) is 7.93. The Morgan fingerprint density at radius 3 is 2.58 bits per heavy atom. The van der Waals surface area contributed by atoms with Crippen molar-refractivity contribution in [2.24, 2.45) is 0 Å². The van der Waals surface area contributed by atoms with E-state index in [1.165, 1.54) is 25.3 Å². The van der Waals surface area contributed by atoms with Crippen molar-refractivity contribution in [3.05, 3.63) is 58.4 Å². The van der Waals surface area contributed by atoms with Gasteiger partial charge in [0.05, 0.1) is 12.7 Å². The van der Waals surface area contributed by atoms with Crippen LogP contribution in [0.4, 0.5) is 4.39 Å². The molecule has 1 N–H and O–H groups in total. The van der Waals surface area contributed by atoms with E-state index in [1.807, 2.05) is 6.07 Å². The molecule has 1 saturated heterocycles. The molecule has 1 heterocycles. The Morgan fingerprint density at radius 1 is 1.19 bits per heavy atom. The van der Waals surface area contributed by atoms with Crippen molar-refractivity contribution in [3.63, 3.8) is 0 Å². The molecular formula is C19H20ClFN2O3. The predicted octanol–water partition coefficient (Wildman–Crippen LogP) is 3.15. The van der Waals surface area contributed by atoms with Gasteiger partial charge in [0.15, 0.2) is 11.6 Å². The number of halogens is 2. The molecular weight excluding hydrogens is 359 g/mol. The highest BCUT2D eigenvalue weighted by Gasteiger charge is 2.24. The van der Waals surface area contributed by atoms with Gasteiger partial charge in [-0.3, -0.25) is 9.69 Å². The highest BCUT2D eigenvalue weighted by molar-refractivity contribution is 6.31. The summed E-state index contributed by atoms with van der Waals surface area (Å²) in [6, 6.07) is 9.37. The van der Waals surface area contributed by atoms with Crippen LogP contribution in [-0.2, 0) is 6.54 Å². The first kappa shape index (κ1) is 18.5. The van der Waals surface area contributed by atoms with Crippen molar-refractivity contribution in [1.82, 2.24) is 9.80 Å². The minimum atomic E-state index is -0.379. The van der Waals surface area contributed by atoms with Gasteiger partial charge in [0, 0.05) is 37.7 Å². The molecule has 0 aliphatic carbocycles. The standard InChI is InChI=1S/C19H20ClFN2O3/c1-26-18-5-2-13(10-16(18)21)12-22-6-8-23(9-7-22)19(25)15-11-14(20)3-4-17(15)24/h2-5,10-11,24H,6-9,12H2,1H3. The average molecular weight is 379 g/mol. The third kappa shape index (κ3) is 4.08. The summed E-state index contributed by atoms with van der Waals surface area (Å²) in [4.78, 5) is 16.4. The van der Waals surface area contributed by atoms with E-state index < -0.39 is 0 Å². The lowest BCUT2D eigenvalue weighted by molar-refractivity contribution is 0.0625. The molecule has 7 heteroatoms. The van der Waals surface area contributed by atoms with Crippen LogP contribution in [0.15, 0.2) is 36.4 Å². The lowest BCUT2D eigenvalue weighted by Crippen LogP contribution is -2.48. The average Bonchev–Trinajstić information content (AvgIpc) is 2.64. The topological polar surface area (TPSA) is 53.0 Å². The van der Waals surface area contributed by atoms with Gasteiger partial charge in [0.25, 0.3) is 5.91 Å². The maximum Gasteiger partial charge on any atom is 0.257 e. The van der Waals surface area contributed by atoms with Gasteiger partial charge in [0.2, 0.25) is 0 Å². The molecule has 2 aromatic carbocycles. The Balaban J connectivity index is 1.59. The van der Waals surface area contributed by atoms with Crippen LogP contribution in [0.1, 0.15) is 15.9 Å². The Labute approximate surface area is 156 Å². The van der Waals surface area contributed by atoms with E-state index in [2.05, 4.69) is 4.90 Å². The van der Waals surface area contributed by atoms with E-state index in [4.69, 9.17) is 16.3 Å².